The molecule has 0 atom stereocenters. The van der Waals surface area contributed by atoms with E-state index in [-0.39, 0.29) is 40.5 Å². The Kier molecular flexibility index (Phi) is 6.69. The van der Waals surface area contributed by atoms with Crippen molar-refractivity contribution in [3.63, 3.8) is 0 Å². The standard InChI is InChI=1S/C21H22N8O2.H3N/c1-4-14-17(19(30)15-9-27(5-2)12-23-15)18(20(31)16-10-28(6-3)13-24-16)26-21(25-14)29-8-7-22-11-29;/h7-13H,4-6H2,1-3H3;1H3. The summed E-state index contributed by atoms with van der Waals surface area (Å²) in [6, 6.07) is 0. The number of carbonyl (C=O) groups excluding carboxylic acids is 2. The molecular formula is C21H25N9O2. The van der Waals surface area contributed by atoms with Crippen LogP contribution in [-0.4, -0.2) is 50.2 Å². The maximum atomic E-state index is 13.4. The highest BCUT2D eigenvalue weighted by molar-refractivity contribution is 6.18. The van der Waals surface area contributed by atoms with E-state index in [2.05, 4.69) is 24.9 Å². The minimum atomic E-state index is -0.441. The van der Waals surface area contributed by atoms with Crippen LogP contribution in [0.4, 0.5) is 0 Å². The summed E-state index contributed by atoms with van der Waals surface area (Å²) >= 11 is 0. The first-order valence-electron chi connectivity index (χ1n) is 10.1. The van der Waals surface area contributed by atoms with Gasteiger partial charge < -0.3 is 15.3 Å². The summed E-state index contributed by atoms with van der Waals surface area (Å²) in [6.07, 6.45) is 11.7. The Labute approximate surface area is 184 Å². The third-order valence-corrected chi connectivity index (χ3v) is 4.95. The van der Waals surface area contributed by atoms with Crippen LogP contribution in [0.1, 0.15) is 58.7 Å². The SMILES string of the molecule is CCc1nc(-n2ccnc2)nc(C(=O)c2cn(CC)cn2)c1C(=O)c1cn(CC)cn1.N. The van der Waals surface area contributed by atoms with Crippen molar-refractivity contribution in [3.8, 4) is 5.95 Å². The highest BCUT2D eigenvalue weighted by Crippen LogP contribution is 2.21. The first-order valence-corrected chi connectivity index (χ1v) is 10.1. The predicted octanol–water partition coefficient (Wildman–Crippen LogP) is 2.28. The van der Waals surface area contributed by atoms with Crippen molar-refractivity contribution in [2.45, 2.75) is 40.3 Å². The summed E-state index contributed by atoms with van der Waals surface area (Å²) in [6.45, 7) is 7.13. The topological polar surface area (TPSA) is 148 Å². The van der Waals surface area contributed by atoms with E-state index in [1.807, 2.05) is 20.8 Å². The van der Waals surface area contributed by atoms with Gasteiger partial charge in [0.25, 0.3) is 0 Å². The van der Waals surface area contributed by atoms with Gasteiger partial charge in [0.1, 0.15) is 23.4 Å². The maximum Gasteiger partial charge on any atom is 0.235 e. The zero-order valence-electron chi connectivity index (χ0n) is 18.3. The Morgan fingerprint density at radius 2 is 1.50 bits per heavy atom. The van der Waals surface area contributed by atoms with Crippen molar-refractivity contribution in [2.24, 2.45) is 0 Å². The first kappa shape index (κ1) is 22.7. The Balaban J connectivity index is 0.00000289. The summed E-state index contributed by atoms with van der Waals surface area (Å²) in [5.41, 5.74) is 1.08. The summed E-state index contributed by atoms with van der Waals surface area (Å²) in [7, 11) is 0. The lowest BCUT2D eigenvalue weighted by molar-refractivity contribution is 0.0994. The molecule has 0 radical (unpaired) electrons. The van der Waals surface area contributed by atoms with E-state index < -0.39 is 5.78 Å². The van der Waals surface area contributed by atoms with E-state index in [0.717, 1.165) is 0 Å². The zero-order valence-corrected chi connectivity index (χ0v) is 18.3. The van der Waals surface area contributed by atoms with Gasteiger partial charge >= 0.3 is 0 Å². The molecule has 11 heteroatoms. The number of hydrogen-bond donors (Lipinski definition) is 1. The molecule has 11 nitrogen and oxygen atoms in total. The van der Waals surface area contributed by atoms with Gasteiger partial charge in [0.05, 0.1) is 23.9 Å². The number of hydrogen-bond acceptors (Lipinski definition) is 8. The average molecular weight is 435 g/mol. The highest BCUT2D eigenvalue weighted by atomic mass is 16.1. The molecule has 0 aliphatic heterocycles. The molecule has 4 aromatic heterocycles. The average Bonchev–Trinajstić information content (AvgIpc) is 3.57. The monoisotopic (exact) mass is 435 g/mol. The third-order valence-electron chi connectivity index (χ3n) is 4.95. The first-order chi connectivity index (χ1) is 15.0. The molecular weight excluding hydrogens is 410 g/mol. The van der Waals surface area contributed by atoms with Crippen molar-refractivity contribution in [2.75, 3.05) is 0 Å². The Morgan fingerprint density at radius 1 is 0.875 bits per heavy atom. The Hall–Kier alpha value is -3.99. The quantitative estimate of drug-likeness (QED) is 0.414. The van der Waals surface area contributed by atoms with E-state index in [0.29, 0.717) is 25.2 Å². The molecule has 3 N–H and O–H groups in total. The zero-order chi connectivity index (χ0) is 22.0. The molecule has 0 aromatic carbocycles. The van der Waals surface area contributed by atoms with Gasteiger partial charge in [-0.05, 0) is 20.3 Å². The molecule has 4 heterocycles. The molecule has 0 bridgehead atoms. The van der Waals surface area contributed by atoms with Gasteiger partial charge in [0.2, 0.25) is 17.5 Å². The van der Waals surface area contributed by atoms with Gasteiger partial charge in [0.15, 0.2) is 0 Å². The lowest BCUT2D eigenvalue weighted by atomic mass is 9.99. The largest absolute Gasteiger partial charge is 0.344 e. The van der Waals surface area contributed by atoms with E-state index in [4.69, 9.17) is 0 Å². The normalized spacial score (nSPS) is 10.7. The van der Waals surface area contributed by atoms with Crippen LogP contribution in [0.25, 0.3) is 5.95 Å². The van der Waals surface area contributed by atoms with Crippen LogP contribution in [0.15, 0.2) is 43.8 Å². The van der Waals surface area contributed by atoms with Gasteiger partial charge in [-0.15, -0.1) is 0 Å². The van der Waals surface area contributed by atoms with E-state index in [1.54, 1.807) is 57.5 Å². The number of aromatic nitrogens is 8. The third kappa shape index (κ3) is 4.10. The van der Waals surface area contributed by atoms with Gasteiger partial charge in [-0.2, -0.15) is 0 Å². The van der Waals surface area contributed by atoms with Crippen molar-refractivity contribution in [3.05, 3.63) is 72.1 Å². The number of imidazole rings is 3. The van der Waals surface area contributed by atoms with Crippen molar-refractivity contribution < 1.29 is 9.59 Å². The number of rotatable bonds is 8. The highest BCUT2D eigenvalue weighted by Gasteiger charge is 2.28. The fraction of sp³-hybridized carbons (Fsp3) is 0.286. The van der Waals surface area contributed by atoms with Crippen LogP contribution in [-0.2, 0) is 19.5 Å². The van der Waals surface area contributed by atoms with Gasteiger partial charge in [-0.3, -0.25) is 14.2 Å². The van der Waals surface area contributed by atoms with E-state index in [9.17, 15) is 9.59 Å². The predicted molar refractivity (Wildman–Crippen MR) is 116 cm³/mol. The van der Waals surface area contributed by atoms with Gasteiger partial charge in [0, 0.05) is 37.9 Å². The molecule has 0 aliphatic rings. The minimum Gasteiger partial charge on any atom is -0.344 e. The molecule has 0 saturated carbocycles. The molecule has 0 aliphatic carbocycles. The van der Waals surface area contributed by atoms with Crippen molar-refractivity contribution in [1.29, 1.82) is 0 Å². The Morgan fingerprint density at radius 3 is 2.00 bits per heavy atom. The van der Waals surface area contributed by atoms with Crippen LogP contribution in [0.3, 0.4) is 0 Å². The van der Waals surface area contributed by atoms with Crippen LogP contribution < -0.4 is 6.15 Å². The molecule has 0 amide bonds. The summed E-state index contributed by atoms with van der Waals surface area (Å²) in [5.74, 6) is -0.563. The molecule has 0 spiro atoms. The lowest BCUT2D eigenvalue weighted by Crippen LogP contribution is -2.20. The van der Waals surface area contributed by atoms with Crippen molar-refractivity contribution >= 4 is 11.6 Å². The van der Waals surface area contributed by atoms with Crippen LogP contribution >= 0.6 is 0 Å². The lowest BCUT2D eigenvalue weighted by Gasteiger charge is -2.12. The summed E-state index contributed by atoms with van der Waals surface area (Å²) in [4.78, 5) is 48.3. The molecule has 32 heavy (non-hydrogen) atoms. The second-order valence-corrected chi connectivity index (χ2v) is 6.85. The maximum absolute atomic E-state index is 13.4. The number of aryl methyl sites for hydroxylation is 3. The number of ketones is 2. The van der Waals surface area contributed by atoms with Crippen LogP contribution in [0.2, 0.25) is 0 Å². The molecule has 0 saturated heterocycles. The van der Waals surface area contributed by atoms with E-state index >= 15 is 0 Å². The smallest absolute Gasteiger partial charge is 0.235 e. The fourth-order valence-corrected chi connectivity index (χ4v) is 3.20. The second-order valence-electron chi connectivity index (χ2n) is 6.85. The molecule has 0 fully saturated rings. The fourth-order valence-electron chi connectivity index (χ4n) is 3.20. The minimum absolute atomic E-state index is 0. The van der Waals surface area contributed by atoms with Crippen LogP contribution in [0.5, 0.6) is 0 Å². The molecule has 166 valence electrons. The van der Waals surface area contributed by atoms with Gasteiger partial charge in [-0.1, -0.05) is 6.92 Å². The summed E-state index contributed by atoms with van der Waals surface area (Å²) in [5, 5.41) is 0. The second kappa shape index (κ2) is 9.43. The molecule has 4 rings (SSSR count). The van der Waals surface area contributed by atoms with Gasteiger partial charge in [-0.25, -0.2) is 24.9 Å². The molecule has 4 aromatic rings. The van der Waals surface area contributed by atoms with E-state index in [1.165, 1.54) is 0 Å². The van der Waals surface area contributed by atoms with Crippen LogP contribution in [0, 0.1) is 0 Å². The summed E-state index contributed by atoms with van der Waals surface area (Å²) < 4.78 is 5.18. The Bertz CT molecular complexity index is 1240. The number of nitrogens with zero attached hydrogens (tertiary/aromatic N) is 8. The molecule has 0 unspecified atom stereocenters. The number of carbonyl (C=O) groups is 2. The van der Waals surface area contributed by atoms with Crippen molar-refractivity contribution in [1.82, 2.24) is 44.8 Å².